The van der Waals surface area contributed by atoms with E-state index in [4.69, 9.17) is 0 Å². The number of carbonyl (C=O) groups is 2. The van der Waals surface area contributed by atoms with E-state index in [9.17, 15) is 9.59 Å². The van der Waals surface area contributed by atoms with Crippen LogP contribution in [0.3, 0.4) is 0 Å². The summed E-state index contributed by atoms with van der Waals surface area (Å²) in [5.41, 5.74) is -0.155. The Morgan fingerprint density at radius 3 is 1.59 bits per heavy atom. The van der Waals surface area contributed by atoms with E-state index in [1.165, 1.54) is 22.7 Å². The van der Waals surface area contributed by atoms with E-state index in [1.807, 2.05) is 24.3 Å². The first-order valence-electron chi connectivity index (χ1n) is 5.19. The van der Waals surface area contributed by atoms with Crippen molar-refractivity contribution in [3.8, 4) is 0 Å². The van der Waals surface area contributed by atoms with E-state index < -0.39 is 0 Å². The Balaban J connectivity index is 2.40. The number of thiophene rings is 2. The van der Waals surface area contributed by atoms with Gasteiger partial charge in [-0.25, -0.2) is 0 Å². The summed E-state index contributed by atoms with van der Waals surface area (Å²) in [6.07, 6.45) is 1.74. The standard InChI is InChI=1S/C13H12O2S2/c1-13(2,11-5-3-9(7-14)16-11)12-6-4-10(8-15)17-12/h3-8H,1-2H3. The fraction of sp³-hybridized carbons (Fsp3) is 0.231. The van der Waals surface area contributed by atoms with Crippen LogP contribution in [0.2, 0.25) is 0 Å². The summed E-state index contributed by atoms with van der Waals surface area (Å²) in [5, 5.41) is 0. The number of hydrogen-bond donors (Lipinski definition) is 0. The monoisotopic (exact) mass is 264 g/mol. The fourth-order valence-corrected chi connectivity index (χ4v) is 3.57. The minimum Gasteiger partial charge on any atom is -0.297 e. The Morgan fingerprint density at radius 1 is 0.882 bits per heavy atom. The van der Waals surface area contributed by atoms with Gasteiger partial charge in [-0.1, -0.05) is 13.8 Å². The van der Waals surface area contributed by atoms with Gasteiger partial charge in [-0.3, -0.25) is 9.59 Å². The van der Waals surface area contributed by atoms with Crippen LogP contribution in [0, 0.1) is 0 Å². The minimum absolute atomic E-state index is 0.155. The van der Waals surface area contributed by atoms with Crippen LogP contribution in [0.25, 0.3) is 0 Å². The second-order valence-electron chi connectivity index (χ2n) is 4.26. The minimum atomic E-state index is -0.155. The molecule has 2 aromatic rings. The summed E-state index contributed by atoms with van der Waals surface area (Å²) >= 11 is 3.00. The van der Waals surface area contributed by atoms with Crippen LogP contribution >= 0.6 is 22.7 Å². The third-order valence-electron chi connectivity index (χ3n) is 2.72. The molecule has 0 saturated carbocycles. The van der Waals surface area contributed by atoms with Gasteiger partial charge in [0.25, 0.3) is 0 Å². The summed E-state index contributed by atoms with van der Waals surface area (Å²) in [7, 11) is 0. The van der Waals surface area contributed by atoms with Crippen molar-refractivity contribution in [1.29, 1.82) is 0 Å². The summed E-state index contributed by atoms with van der Waals surface area (Å²) < 4.78 is 0. The molecule has 0 unspecified atom stereocenters. The van der Waals surface area contributed by atoms with Crippen LogP contribution in [0.4, 0.5) is 0 Å². The molecule has 0 aliphatic carbocycles. The van der Waals surface area contributed by atoms with Crippen LogP contribution in [0.1, 0.15) is 42.9 Å². The Bertz CT molecular complexity index is 501. The maximum atomic E-state index is 10.7. The maximum Gasteiger partial charge on any atom is 0.160 e. The molecule has 2 nitrogen and oxygen atoms in total. The van der Waals surface area contributed by atoms with Crippen LogP contribution in [0.15, 0.2) is 24.3 Å². The van der Waals surface area contributed by atoms with Crippen LogP contribution in [0.5, 0.6) is 0 Å². The van der Waals surface area contributed by atoms with E-state index in [2.05, 4.69) is 13.8 Å². The number of hydrogen-bond acceptors (Lipinski definition) is 4. The van der Waals surface area contributed by atoms with Crippen molar-refractivity contribution in [2.75, 3.05) is 0 Å². The number of carbonyl (C=O) groups excluding carboxylic acids is 2. The first kappa shape index (κ1) is 12.2. The van der Waals surface area contributed by atoms with E-state index in [0.717, 1.165) is 32.1 Å². The van der Waals surface area contributed by atoms with Crippen molar-refractivity contribution in [3.05, 3.63) is 43.8 Å². The summed E-state index contributed by atoms with van der Waals surface area (Å²) in [5.74, 6) is 0. The average Bonchev–Trinajstić information content (AvgIpc) is 2.98. The molecule has 2 aromatic heterocycles. The molecule has 0 amide bonds. The highest BCUT2D eigenvalue weighted by molar-refractivity contribution is 7.15. The molecule has 0 radical (unpaired) electrons. The first-order chi connectivity index (χ1) is 8.07. The van der Waals surface area contributed by atoms with Gasteiger partial charge in [0.2, 0.25) is 0 Å². The van der Waals surface area contributed by atoms with Gasteiger partial charge in [0, 0.05) is 15.2 Å². The molecule has 0 N–H and O–H groups in total. The normalized spacial score (nSPS) is 11.4. The van der Waals surface area contributed by atoms with E-state index in [0.29, 0.717) is 0 Å². The smallest absolute Gasteiger partial charge is 0.160 e. The van der Waals surface area contributed by atoms with Crippen LogP contribution in [-0.2, 0) is 5.41 Å². The van der Waals surface area contributed by atoms with Crippen molar-refractivity contribution in [2.24, 2.45) is 0 Å². The van der Waals surface area contributed by atoms with Crippen molar-refractivity contribution in [3.63, 3.8) is 0 Å². The molecule has 0 saturated heterocycles. The summed E-state index contributed by atoms with van der Waals surface area (Å²) in [4.78, 5) is 25.1. The topological polar surface area (TPSA) is 34.1 Å². The maximum absolute atomic E-state index is 10.7. The summed E-state index contributed by atoms with van der Waals surface area (Å²) in [6.45, 7) is 4.21. The Labute approximate surface area is 108 Å². The van der Waals surface area contributed by atoms with E-state index in [-0.39, 0.29) is 5.41 Å². The highest BCUT2D eigenvalue weighted by Gasteiger charge is 2.26. The Morgan fingerprint density at radius 2 is 1.29 bits per heavy atom. The zero-order chi connectivity index (χ0) is 12.5. The third-order valence-corrected chi connectivity index (χ3v) is 5.39. The number of aldehydes is 2. The van der Waals surface area contributed by atoms with Crippen molar-refractivity contribution in [1.82, 2.24) is 0 Å². The van der Waals surface area contributed by atoms with Crippen LogP contribution < -0.4 is 0 Å². The molecule has 2 rings (SSSR count). The lowest BCUT2D eigenvalue weighted by molar-refractivity contribution is 0.111. The number of rotatable bonds is 4. The Kier molecular flexibility index (Phi) is 3.26. The second kappa shape index (κ2) is 4.55. The molecule has 88 valence electrons. The predicted molar refractivity (Wildman–Crippen MR) is 71.5 cm³/mol. The Hall–Kier alpha value is -1.26. The molecular formula is C13H12O2S2. The van der Waals surface area contributed by atoms with Gasteiger partial charge in [0.05, 0.1) is 9.75 Å². The highest BCUT2D eigenvalue weighted by atomic mass is 32.1. The van der Waals surface area contributed by atoms with Gasteiger partial charge in [0.1, 0.15) is 0 Å². The zero-order valence-corrected chi connectivity index (χ0v) is 11.2. The SMILES string of the molecule is CC(C)(c1ccc(C=O)s1)c1ccc(C=O)s1. The van der Waals surface area contributed by atoms with Crippen LogP contribution in [-0.4, -0.2) is 12.6 Å². The quantitative estimate of drug-likeness (QED) is 0.788. The molecule has 0 atom stereocenters. The molecular weight excluding hydrogens is 252 g/mol. The summed E-state index contributed by atoms with van der Waals surface area (Å²) in [6, 6.07) is 7.63. The van der Waals surface area contributed by atoms with E-state index in [1.54, 1.807) is 0 Å². The van der Waals surface area contributed by atoms with Gasteiger partial charge < -0.3 is 0 Å². The van der Waals surface area contributed by atoms with Crippen molar-refractivity contribution >= 4 is 35.2 Å². The second-order valence-corrected chi connectivity index (χ2v) is 6.50. The highest BCUT2D eigenvalue weighted by Crippen LogP contribution is 2.38. The molecule has 0 bridgehead atoms. The van der Waals surface area contributed by atoms with Gasteiger partial charge in [-0.05, 0) is 24.3 Å². The van der Waals surface area contributed by atoms with Gasteiger partial charge >= 0.3 is 0 Å². The predicted octanol–water partition coefficient (Wildman–Crippen LogP) is 3.76. The van der Waals surface area contributed by atoms with Crippen molar-refractivity contribution < 1.29 is 9.59 Å². The molecule has 0 fully saturated rings. The van der Waals surface area contributed by atoms with Gasteiger partial charge in [0.15, 0.2) is 12.6 Å². The fourth-order valence-electron chi connectivity index (χ4n) is 1.63. The third kappa shape index (κ3) is 2.23. The average molecular weight is 264 g/mol. The van der Waals surface area contributed by atoms with Gasteiger partial charge in [-0.2, -0.15) is 0 Å². The molecule has 0 aliphatic heterocycles. The zero-order valence-electron chi connectivity index (χ0n) is 9.60. The van der Waals surface area contributed by atoms with Crippen molar-refractivity contribution in [2.45, 2.75) is 19.3 Å². The molecule has 0 aromatic carbocycles. The largest absolute Gasteiger partial charge is 0.297 e. The molecule has 0 aliphatic rings. The molecule has 4 heteroatoms. The lowest BCUT2D eigenvalue weighted by Crippen LogP contribution is -2.15. The molecule has 17 heavy (non-hydrogen) atoms. The molecule has 2 heterocycles. The van der Waals surface area contributed by atoms with E-state index >= 15 is 0 Å². The molecule has 0 spiro atoms. The first-order valence-corrected chi connectivity index (χ1v) is 6.82. The lowest BCUT2D eigenvalue weighted by Gasteiger charge is -2.21. The van der Waals surface area contributed by atoms with Gasteiger partial charge in [-0.15, -0.1) is 22.7 Å². The lowest BCUT2D eigenvalue weighted by atomic mass is 9.90.